The average molecular weight is 447 g/mol. The quantitative estimate of drug-likeness (QED) is 0.623. The monoisotopic (exact) mass is 446 g/mol. The molecule has 0 fully saturated rings. The van der Waals surface area contributed by atoms with Crippen LogP contribution < -0.4 is 19.1 Å². The van der Waals surface area contributed by atoms with Gasteiger partial charge in [0.2, 0.25) is 10.0 Å². The third-order valence-electron chi connectivity index (χ3n) is 5.02. The fraction of sp³-hybridized carbons (Fsp3) is 0.435. The molecule has 1 heterocycles. The van der Waals surface area contributed by atoms with Gasteiger partial charge in [0.15, 0.2) is 11.5 Å². The van der Waals surface area contributed by atoms with Crippen molar-refractivity contribution >= 4 is 27.3 Å². The number of rotatable bonds is 9. The Morgan fingerprint density at radius 1 is 1.03 bits per heavy atom. The van der Waals surface area contributed by atoms with E-state index >= 15 is 0 Å². The second-order valence-electron chi connectivity index (χ2n) is 7.32. The van der Waals surface area contributed by atoms with Gasteiger partial charge in [-0.3, -0.25) is 9.10 Å². The van der Waals surface area contributed by atoms with E-state index in [2.05, 4.69) is 5.32 Å². The van der Waals surface area contributed by atoms with Gasteiger partial charge in [-0.2, -0.15) is 0 Å². The summed E-state index contributed by atoms with van der Waals surface area (Å²) in [4.78, 5) is 12.8. The molecule has 0 aromatic heterocycles. The van der Waals surface area contributed by atoms with Crippen molar-refractivity contribution in [3.05, 3.63) is 47.5 Å². The molecule has 0 atom stereocenters. The van der Waals surface area contributed by atoms with E-state index in [1.807, 2.05) is 26.8 Å². The van der Waals surface area contributed by atoms with E-state index < -0.39 is 10.0 Å². The Labute approximate surface area is 184 Å². The first-order valence-corrected chi connectivity index (χ1v) is 12.3. The summed E-state index contributed by atoms with van der Waals surface area (Å²) in [5, 5.41) is 2.90. The first-order valence-electron chi connectivity index (χ1n) is 10.7. The highest BCUT2D eigenvalue weighted by Gasteiger charge is 2.27. The molecule has 1 amide bonds. The Kier molecular flexibility index (Phi) is 7.43. The van der Waals surface area contributed by atoms with Crippen molar-refractivity contribution in [1.82, 2.24) is 0 Å². The molecule has 7 nitrogen and oxygen atoms in total. The molecule has 0 spiro atoms. The van der Waals surface area contributed by atoms with Crippen LogP contribution in [0.4, 0.5) is 11.4 Å². The number of carbonyl (C=O) groups is 1. The fourth-order valence-electron chi connectivity index (χ4n) is 3.69. The van der Waals surface area contributed by atoms with Gasteiger partial charge in [-0.05, 0) is 75.1 Å². The molecule has 0 unspecified atom stereocenters. The maximum absolute atomic E-state index is 12.8. The van der Waals surface area contributed by atoms with Gasteiger partial charge in [0.1, 0.15) is 0 Å². The van der Waals surface area contributed by atoms with E-state index in [9.17, 15) is 13.2 Å². The summed E-state index contributed by atoms with van der Waals surface area (Å²) in [7, 11) is -3.32. The summed E-state index contributed by atoms with van der Waals surface area (Å²) < 4.78 is 37.8. The predicted molar refractivity (Wildman–Crippen MR) is 123 cm³/mol. The SMILES string of the molecule is CCCS(=O)(=O)N1CCCc2cc(NC(=O)c3ccc(OCC)c(OCC)c3)ccc21. The minimum atomic E-state index is -3.32. The largest absolute Gasteiger partial charge is 0.490 e. The summed E-state index contributed by atoms with van der Waals surface area (Å²) >= 11 is 0. The van der Waals surface area contributed by atoms with Crippen LogP contribution in [-0.2, 0) is 16.4 Å². The zero-order valence-electron chi connectivity index (χ0n) is 18.3. The van der Waals surface area contributed by atoms with E-state index in [0.29, 0.717) is 54.6 Å². The topological polar surface area (TPSA) is 84.9 Å². The van der Waals surface area contributed by atoms with Crippen LogP contribution in [0, 0.1) is 0 Å². The highest BCUT2D eigenvalue weighted by molar-refractivity contribution is 7.92. The van der Waals surface area contributed by atoms with Gasteiger partial charge in [-0.25, -0.2) is 8.42 Å². The Bertz CT molecular complexity index is 1040. The number of nitrogens with zero attached hydrogens (tertiary/aromatic N) is 1. The molecule has 0 saturated heterocycles. The van der Waals surface area contributed by atoms with Crippen LogP contribution >= 0.6 is 0 Å². The smallest absolute Gasteiger partial charge is 0.255 e. The minimum absolute atomic E-state index is 0.130. The fourth-order valence-corrected chi connectivity index (χ4v) is 5.31. The number of anilines is 2. The lowest BCUT2D eigenvalue weighted by atomic mass is 10.0. The highest BCUT2D eigenvalue weighted by atomic mass is 32.2. The third-order valence-corrected chi connectivity index (χ3v) is 6.99. The number of hydrogen-bond acceptors (Lipinski definition) is 5. The average Bonchev–Trinajstić information content (AvgIpc) is 2.74. The molecule has 1 N–H and O–H groups in total. The number of aryl methyl sites for hydroxylation is 1. The van der Waals surface area contributed by atoms with Gasteiger partial charge in [0.25, 0.3) is 5.91 Å². The number of ether oxygens (including phenoxy) is 2. The Morgan fingerprint density at radius 3 is 2.48 bits per heavy atom. The van der Waals surface area contributed by atoms with Gasteiger partial charge in [0, 0.05) is 17.8 Å². The Balaban J connectivity index is 1.81. The van der Waals surface area contributed by atoms with E-state index in [-0.39, 0.29) is 11.7 Å². The first kappa shape index (κ1) is 22.9. The van der Waals surface area contributed by atoms with Crippen LogP contribution in [0.2, 0.25) is 0 Å². The van der Waals surface area contributed by atoms with Crippen molar-refractivity contribution in [2.75, 3.05) is 35.1 Å². The number of sulfonamides is 1. The summed E-state index contributed by atoms with van der Waals surface area (Å²) in [5.74, 6) is 0.989. The highest BCUT2D eigenvalue weighted by Crippen LogP contribution is 2.33. The van der Waals surface area contributed by atoms with Crippen LogP contribution in [0.3, 0.4) is 0 Å². The first-order chi connectivity index (χ1) is 14.9. The van der Waals surface area contributed by atoms with Gasteiger partial charge < -0.3 is 14.8 Å². The van der Waals surface area contributed by atoms with Gasteiger partial charge in [0.05, 0.1) is 24.7 Å². The van der Waals surface area contributed by atoms with Crippen molar-refractivity contribution < 1.29 is 22.7 Å². The molecule has 168 valence electrons. The van der Waals surface area contributed by atoms with Gasteiger partial charge >= 0.3 is 0 Å². The molecule has 1 aliphatic heterocycles. The normalized spacial score (nSPS) is 13.5. The van der Waals surface area contributed by atoms with Gasteiger partial charge in [-0.15, -0.1) is 0 Å². The molecule has 0 aliphatic carbocycles. The van der Waals surface area contributed by atoms with Crippen LogP contribution in [0.1, 0.15) is 49.5 Å². The molecule has 3 rings (SSSR count). The van der Waals surface area contributed by atoms with E-state index in [1.54, 1.807) is 30.3 Å². The molecular formula is C23H30N2O5S. The maximum atomic E-state index is 12.8. The molecule has 31 heavy (non-hydrogen) atoms. The number of hydrogen-bond donors (Lipinski definition) is 1. The van der Waals surface area contributed by atoms with Crippen LogP contribution in [0.15, 0.2) is 36.4 Å². The van der Waals surface area contributed by atoms with Crippen molar-refractivity contribution in [3.8, 4) is 11.5 Å². The van der Waals surface area contributed by atoms with E-state index in [1.165, 1.54) is 4.31 Å². The summed E-state index contributed by atoms with van der Waals surface area (Å²) in [5.41, 5.74) is 2.71. The zero-order valence-corrected chi connectivity index (χ0v) is 19.1. The molecule has 0 bridgehead atoms. The third kappa shape index (κ3) is 5.31. The Hall–Kier alpha value is -2.74. The minimum Gasteiger partial charge on any atom is -0.490 e. The molecule has 2 aromatic rings. The second-order valence-corrected chi connectivity index (χ2v) is 9.33. The van der Waals surface area contributed by atoms with Gasteiger partial charge in [-0.1, -0.05) is 6.92 Å². The molecule has 0 saturated carbocycles. The van der Waals surface area contributed by atoms with Crippen molar-refractivity contribution in [1.29, 1.82) is 0 Å². The number of nitrogens with one attached hydrogen (secondary N) is 1. The number of carbonyl (C=O) groups excluding carboxylic acids is 1. The molecule has 2 aromatic carbocycles. The summed E-state index contributed by atoms with van der Waals surface area (Å²) in [6.07, 6.45) is 2.10. The summed E-state index contributed by atoms with van der Waals surface area (Å²) in [6, 6.07) is 10.5. The van der Waals surface area contributed by atoms with E-state index in [0.717, 1.165) is 18.4 Å². The van der Waals surface area contributed by atoms with Crippen LogP contribution in [-0.4, -0.2) is 39.8 Å². The van der Waals surface area contributed by atoms with Crippen LogP contribution in [0.25, 0.3) is 0 Å². The number of amides is 1. The second kappa shape index (κ2) is 10.0. The maximum Gasteiger partial charge on any atom is 0.255 e. The Morgan fingerprint density at radius 2 is 1.77 bits per heavy atom. The lowest BCUT2D eigenvalue weighted by Gasteiger charge is -2.30. The molecular weight excluding hydrogens is 416 g/mol. The lowest BCUT2D eigenvalue weighted by Crippen LogP contribution is -2.37. The summed E-state index contributed by atoms with van der Waals surface area (Å²) in [6.45, 7) is 7.09. The number of fused-ring (bicyclic) bond motifs is 1. The standard InChI is InChI=1S/C23H30N2O5S/c1-4-14-31(27,28)25-13-7-8-17-15-19(10-11-20(17)25)24-23(26)18-9-12-21(29-5-2)22(16-18)30-6-3/h9-12,15-16H,4-8,13-14H2,1-3H3,(H,24,26). The van der Waals surface area contributed by atoms with Crippen molar-refractivity contribution in [2.24, 2.45) is 0 Å². The molecule has 8 heteroatoms. The molecule has 0 radical (unpaired) electrons. The predicted octanol–water partition coefficient (Wildman–Crippen LogP) is 4.23. The zero-order chi connectivity index (χ0) is 22.4. The van der Waals surface area contributed by atoms with Crippen molar-refractivity contribution in [3.63, 3.8) is 0 Å². The van der Waals surface area contributed by atoms with Crippen LogP contribution in [0.5, 0.6) is 11.5 Å². The lowest BCUT2D eigenvalue weighted by molar-refractivity contribution is 0.102. The van der Waals surface area contributed by atoms with E-state index in [4.69, 9.17) is 9.47 Å². The van der Waals surface area contributed by atoms with Crippen molar-refractivity contribution in [2.45, 2.75) is 40.0 Å². The number of benzene rings is 2. The molecule has 1 aliphatic rings.